The number of nitrogens with zero attached hydrogens (tertiary/aromatic N) is 4. The van der Waals surface area contributed by atoms with E-state index in [1.165, 1.54) is 10.9 Å². The van der Waals surface area contributed by atoms with Crippen molar-refractivity contribution < 1.29 is 4.79 Å². The second-order valence-electron chi connectivity index (χ2n) is 2.97. The minimum atomic E-state index is -0.347. The van der Waals surface area contributed by atoms with Gasteiger partial charge in [-0.1, -0.05) is 11.6 Å². The van der Waals surface area contributed by atoms with Gasteiger partial charge in [-0.25, -0.2) is 19.9 Å². The van der Waals surface area contributed by atoms with Gasteiger partial charge < -0.3 is 0 Å². The van der Waals surface area contributed by atoms with Gasteiger partial charge in [-0.15, -0.1) is 5.10 Å². The summed E-state index contributed by atoms with van der Waals surface area (Å²) in [6, 6.07) is 0. The molecule has 2 aromatic rings. The summed E-state index contributed by atoms with van der Waals surface area (Å²) >= 11 is 6.80. The second-order valence-corrected chi connectivity index (χ2v) is 4.29. The topological polar surface area (TPSA) is 93.5 Å². The third-order valence-electron chi connectivity index (χ3n) is 1.94. The predicted molar refractivity (Wildman–Crippen MR) is 60.4 cm³/mol. The fraction of sp³-hybridized carbons (Fsp3) is 0.125. The molecule has 0 radical (unpaired) electrons. The summed E-state index contributed by atoms with van der Waals surface area (Å²) in [5, 5.41) is 6.86. The van der Waals surface area contributed by atoms with E-state index < -0.39 is 0 Å². The standard InChI is InChI=1S/C8H6ClN5O2S/c1-14-7(16)12-13-8(14)17-6-4(2-15)5(9)10-3-11-6/h2-3H,1H3,(H,12,16). The molecule has 7 nitrogen and oxygen atoms in total. The minimum Gasteiger partial charge on any atom is -0.298 e. The van der Waals surface area contributed by atoms with E-state index >= 15 is 0 Å². The number of carbonyl (C=O) groups is 1. The van der Waals surface area contributed by atoms with E-state index in [2.05, 4.69) is 20.2 Å². The van der Waals surface area contributed by atoms with Gasteiger partial charge in [0.1, 0.15) is 16.5 Å². The Morgan fingerprint density at radius 1 is 1.53 bits per heavy atom. The van der Waals surface area contributed by atoms with Crippen LogP contribution in [0, 0.1) is 0 Å². The number of nitrogens with one attached hydrogen (secondary N) is 1. The minimum absolute atomic E-state index is 0.0676. The molecule has 17 heavy (non-hydrogen) atoms. The van der Waals surface area contributed by atoms with Crippen molar-refractivity contribution in [3.05, 3.63) is 27.5 Å². The Kier molecular flexibility index (Phi) is 3.25. The number of aromatic amines is 1. The molecule has 0 amide bonds. The molecular formula is C8H6ClN5O2S. The fourth-order valence-electron chi connectivity index (χ4n) is 1.05. The first-order valence-corrected chi connectivity index (χ1v) is 5.58. The molecule has 0 fully saturated rings. The summed E-state index contributed by atoms with van der Waals surface area (Å²) < 4.78 is 1.30. The van der Waals surface area contributed by atoms with Crippen LogP contribution in [0.1, 0.15) is 10.4 Å². The molecule has 0 aliphatic rings. The average molecular weight is 272 g/mol. The number of halogens is 1. The van der Waals surface area contributed by atoms with Crippen LogP contribution >= 0.6 is 23.4 Å². The van der Waals surface area contributed by atoms with Crippen molar-refractivity contribution >= 4 is 29.6 Å². The van der Waals surface area contributed by atoms with Crippen LogP contribution in [0.5, 0.6) is 0 Å². The van der Waals surface area contributed by atoms with Gasteiger partial charge in [0.15, 0.2) is 11.4 Å². The monoisotopic (exact) mass is 271 g/mol. The highest BCUT2D eigenvalue weighted by atomic mass is 35.5. The van der Waals surface area contributed by atoms with Gasteiger partial charge in [-0.05, 0) is 11.8 Å². The molecule has 88 valence electrons. The summed E-state index contributed by atoms with van der Waals surface area (Å²) in [6.45, 7) is 0. The maximum absolute atomic E-state index is 11.2. The van der Waals surface area contributed by atoms with Crippen LogP contribution in [0.25, 0.3) is 0 Å². The number of hydrogen-bond donors (Lipinski definition) is 1. The quantitative estimate of drug-likeness (QED) is 0.646. The summed E-state index contributed by atoms with van der Waals surface area (Å²) in [7, 11) is 1.55. The van der Waals surface area contributed by atoms with Crippen LogP contribution in [0.2, 0.25) is 5.15 Å². The van der Waals surface area contributed by atoms with Crippen LogP contribution in [-0.2, 0) is 7.05 Å². The molecule has 0 aromatic carbocycles. The summed E-state index contributed by atoms with van der Waals surface area (Å²) in [5.74, 6) is 0. The lowest BCUT2D eigenvalue weighted by Gasteiger charge is -2.02. The van der Waals surface area contributed by atoms with Crippen molar-refractivity contribution in [2.24, 2.45) is 7.05 Å². The van der Waals surface area contributed by atoms with E-state index in [0.29, 0.717) is 16.5 Å². The Balaban J connectivity index is 2.43. The average Bonchev–Trinajstić information content (AvgIpc) is 2.61. The van der Waals surface area contributed by atoms with E-state index in [9.17, 15) is 9.59 Å². The number of rotatable bonds is 3. The molecule has 0 saturated carbocycles. The molecule has 2 rings (SSSR count). The highest BCUT2D eigenvalue weighted by Gasteiger charge is 2.14. The zero-order valence-electron chi connectivity index (χ0n) is 8.55. The van der Waals surface area contributed by atoms with Crippen molar-refractivity contribution in [1.82, 2.24) is 24.7 Å². The molecule has 2 heterocycles. The lowest BCUT2D eigenvalue weighted by atomic mass is 10.4. The van der Waals surface area contributed by atoms with E-state index in [-0.39, 0.29) is 16.4 Å². The van der Waals surface area contributed by atoms with E-state index in [4.69, 9.17) is 11.6 Å². The first kappa shape index (κ1) is 11.8. The molecule has 9 heteroatoms. The predicted octanol–water partition coefficient (Wildman–Crippen LogP) is 0.515. The third-order valence-corrected chi connectivity index (χ3v) is 3.31. The molecule has 0 aliphatic heterocycles. The zero-order chi connectivity index (χ0) is 12.4. The maximum atomic E-state index is 11.2. The van der Waals surface area contributed by atoms with Gasteiger partial charge in [-0.3, -0.25) is 9.36 Å². The molecule has 0 spiro atoms. The van der Waals surface area contributed by atoms with Gasteiger partial charge in [0, 0.05) is 7.05 Å². The van der Waals surface area contributed by atoms with Crippen molar-refractivity contribution in [3.8, 4) is 0 Å². The van der Waals surface area contributed by atoms with Crippen LogP contribution in [0.3, 0.4) is 0 Å². The van der Waals surface area contributed by atoms with Gasteiger partial charge in [-0.2, -0.15) is 0 Å². The zero-order valence-corrected chi connectivity index (χ0v) is 10.1. The number of aldehydes is 1. The Morgan fingerprint density at radius 2 is 2.29 bits per heavy atom. The van der Waals surface area contributed by atoms with Gasteiger partial charge >= 0.3 is 5.69 Å². The maximum Gasteiger partial charge on any atom is 0.343 e. The number of hydrogen-bond acceptors (Lipinski definition) is 6. The van der Waals surface area contributed by atoms with E-state index in [1.807, 2.05) is 0 Å². The normalized spacial score (nSPS) is 10.5. The highest BCUT2D eigenvalue weighted by molar-refractivity contribution is 7.99. The summed E-state index contributed by atoms with van der Waals surface area (Å²) in [6.07, 6.45) is 1.80. The fourth-order valence-corrected chi connectivity index (χ4v) is 2.12. The second kappa shape index (κ2) is 4.68. The summed E-state index contributed by atoms with van der Waals surface area (Å²) in [5.41, 5.74) is -0.171. The Bertz CT molecular complexity index is 623. The highest BCUT2D eigenvalue weighted by Crippen LogP contribution is 2.27. The van der Waals surface area contributed by atoms with Gasteiger partial charge in [0.2, 0.25) is 0 Å². The first-order valence-electron chi connectivity index (χ1n) is 4.38. The lowest BCUT2D eigenvalue weighted by Crippen LogP contribution is -2.12. The van der Waals surface area contributed by atoms with Crippen molar-refractivity contribution in [3.63, 3.8) is 0 Å². The Morgan fingerprint density at radius 3 is 2.88 bits per heavy atom. The Hall–Kier alpha value is -1.67. The smallest absolute Gasteiger partial charge is 0.298 e. The molecule has 0 bridgehead atoms. The molecule has 0 atom stereocenters. The third kappa shape index (κ3) is 2.22. The number of carbonyl (C=O) groups excluding carboxylic acids is 1. The van der Waals surface area contributed by atoms with Crippen LogP contribution in [0.4, 0.5) is 0 Å². The SMILES string of the molecule is Cn1c(Sc2ncnc(Cl)c2C=O)n[nH]c1=O. The van der Waals surface area contributed by atoms with Crippen molar-refractivity contribution in [1.29, 1.82) is 0 Å². The number of aromatic nitrogens is 5. The number of H-pyrrole nitrogens is 1. The molecule has 1 N–H and O–H groups in total. The lowest BCUT2D eigenvalue weighted by molar-refractivity contribution is 0.112. The largest absolute Gasteiger partial charge is 0.343 e. The molecular weight excluding hydrogens is 266 g/mol. The van der Waals surface area contributed by atoms with Crippen LogP contribution in [0.15, 0.2) is 21.3 Å². The van der Waals surface area contributed by atoms with Crippen LogP contribution < -0.4 is 5.69 Å². The van der Waals surface area contributed by atoms with Crippen molar-refractivity contribution in [2.75, 3.05) is 0 Å². The van der Waals surface area contributed by atoms with E-state index in [1.54, 1.807) is 7.05 Å². The molecule has 0 aliphatic carbocycles. The molecule has 0 saturated heterocycles. The summed E-state index contributed by atoms with van der Waals surface area (Å²) in [4.78, 5) is 29.6. The molecule has 2 aromatic heterocycles. The van der Waals surface area contributed by atoms with Gasteiger partial charge in [0.05, 0.1) is 5.56 Å². The molecule has 0 unspecified atom stereocenters. The van der Waals surface area contributed by atoms with E-state index in [0.717, 1.165) is 11.8 Å². The van der Waals surface area contributed by atoms with Gasteiger partial charge in [0.25, 0.3) is 0 Å². The Labute approximate surface area is 104 Å². The van der Waals surface area contributed by atoms with Crippen molar-refractivity contribution in [2.45, 2.75) is 10.2 Å². The van der Waals surface area contributed by atoms with Crippen LogP contribution in [-0.4, -0.2) is 31.0 Å². The first-order chi connectivity index (χ1) is 8.13.